The second-order valence-electron chi connectivity index (χ2n) is 3.14. The summed E-state index contributed by atoms with van der Waals surface area (Å²) in [6.45, 7) is 16.0. The summed E-state index contributed by atoms with van der Waals surface area (Å²) in [5.74, 6) is 0. The molecule has 0 aromatic carbocycles. The molecule has 0 aliphatic heterocycles. The van der Waals surface area contributed by atoms with E-state index in [2.05, 4.69) is 39.2 Å². The van der Waals surface area contributed by atoms with Crippen LogP contribution in [0.4, 0.5) is 0 Å². The monoisotopic (exact) mass is 165 g/mol. The van der Waals surface area contributed by atoms with E-state index in [1.807, 2.05) is 6.92 Å². The SMILES string of the molecule is C=C(C)NC(=C)/C(C)=C(\C)CC. The van der Waals surface area contributed by atoms with Gasteiger partial charge in [0.25, 0.3) is 0 Å². The number of hydrogen-bond donors (Lipinski definition) is 1. The Bertz CT molecular complexity index is 221. The highest BCUT2D eigenvalue weighted by molar-refractivity contribution is 5.31. The first-order valence-corrected chi connectivity index (χ1v) is 4.27. The fraction of sp³-hybridized carbons (Fsp3) is 0.455. The van der Waals surface area contributed by atoms with Crippen LogP contribution in [0.25, 0.3) is 0 Å². The lowest BCUT2D eigenvalue weighted by atomic mass is 10.1. The highest BCUT2D eigenvalue weighted by Gasteiger charge is 1.99. The van der Waals surface area contributed by atoms with Gasteiger partial charge in [0.05, 0.1) is 0 Å². The molecule has 0 aliphatic rings. The van der Waals surface area contributed by atoms with Crippen LogP contribution in [-0.4, -0.2) is 0 Å². The summed E-state index contributed by atoms with van der Waals surface area (Å²) in [4.78, 5) is 0. The van der Waals surface area contributed by atoms with Gasteiger partial charge in [0.15, 0.2) is 0 Å². The van der Waals surface area contributed by atoms with Crippen LogP contribution < -0.4 is 5.32 Å². The van der Waals surface area contributed by atoms with Crippen LogP contribution in [0.1, 0.15) is 34.1 Å². The van der Waals surface area contributed by atoms with E-state index in [-0.39, 0.29) is 0 Å². The van der Waals surface area contributed by atoms with Crippen molar-refractivity contribution in [3.05, 3.63) is 35.7 Å². The first kappa shape index (κ1) is 11.0. The molecule has 0 aromatic rings. The van der Waals surface area contributed by atoms with Crippen molar-refractivity contribution >= 4 is 0 Å². The van der Waals surface area contributed by atoms with Gasteiger partial charge < -0.3 is 5.32 Å². The number of hydrogen-bond acceptors (Lipinski definition) is 1. The van der Waals surface area contributed by atoms with Gasteiger partial charge in [-0.2, -0.15) is 0 Å². The Morgan fingerprint density at radius 1 is 1.17 bits per heavy atom. The van der Waals surface area contributed by atoms with Gasteiger partial charge in [0.2, 0.25) is 0 Å². The third-order valence-electron chi connectivity index (χ3n) is 1.99. The van der Waals surface area contributed by atoms with Crippen LogP contribution in [0.5, 0.6) is 0 Å². The van der Waals surface area contributed by atoms with Gasteiger partial charge in [-0.15, -0.1) is 0 Å². The zero-order valence-electron chi connectivity index (χ0n) is 8.62. The standard InChI is InChI=1S/C11H19N/c1-7-9(4)10(5)11(6)12-8(2)3/h12H,2,6-7H2,1,3-5H3/b10-9+. The zero-order chi connectivity index (χ0) is 9.72. The molecule has 0 amide bonds. The average Bonchev–Trinajstić information content (AvgIpc) is 2.00. The number of allylic oxidation sites excluding steroid dienone is 3. The van der Waals surface area contributed by atoms with Crippen LogP contribution in [0.2, 0.25) is 0 Å². The van der Waals surface area contributed by atoms with Gasteiger partial charge in [-0.05, 0) is 32.8 Å². The lowest BCUT2D eigenvalue weighted by Crippen LogP contribution is -2.10. The molecule has 0 spiro atoms. The molecule has 0 atom stereocenters. The van der Waals surface area contributed by atoms with Crippen molar-refractivity contribution < 1.29 is 0 Å². The van der Waals surface area contributed by atoms with E-state index in [1.165, 1.54) is 11.1 Å². The second-order valence-corrected chi connectivity index (χ2v) is 3.14. The van der Waals surface area contributed by atoms with Crippen molar-refractivity contribution in [3.63, 3.8) is 0 Å². The van der Waals surface area contributed by atoms with Crippen molar-refractivity contribution in [3.8, 4) is 0 Å². The van der Waals surface area contributed by atoms with Gasteiger partial charge in [0, 0.05) is 11.4 Å². The van der Waals surface area contributed by atoms with E-state index in [4.69, 9.17) is 0 Å². The van der Waals surface area contributed by atoms with Gasteiger partial charge in [-0.3, -0.25) is 0 Å². The van der Waals surface area contributed by atoms with E-state index in [0.717, 1.165) is 17.8 Å². The Labute approximate surface area is 75.9 Å². The molecule has 1 nitrogen and oxygen atoms in total. The van der Waals surface area contributed by atoms with E-state index in [0.29, 0.717) is 0 Å². The van der Waals surface area contributed by atoms with Crippen LogP contribution in [-0.2, 0) is 0 Å². The summed E-state index contributed by atoms with van der Waals surface area (Å²) in [6, 6.07) is 0. The van der Waals surface area contributed by atoms with E-state index in [9.17, 15) is 0 Å². The normalized spacial score (nSPS) is 12.0. The minimum Gasteiger partial charge on any atom is -0.360 e. The molecule has 0 fully saturated rings. The van der Waals surface area contributed by atoms with Crippen molar-refractivity contribution in [2.45, 2.75) is 34.1 Å². The Balaban J connectivity index is 4.39. The third-order valence-corrected chi connectivity index (χ3v) is 1.99. The Morgan fingerprint density at radius 3 is 2.00 bits per heavy atom. The highest BCUT2D eigenvalue weighted by Crippen LogP contribution is 2.13. The molecule has 0 saturated heterocycles. The molecule has 0 aromatic heterocycles. The number of nitrogens with one attached hydrogen (secondary N) is 1. The number of rotatable bonds is 4. The minimum absolute atomic E-state index is 0.934. The van der Waals surface area contributed by atoms with Crippen molar-refractivity contribution in [2.24, 2.45) is 0 Å². The quantitative estimate of drug-likeness (QED) is 0.630. The van der Waals surface area contributed by atoms with Crippen LogP contribution in [0, 0.1) is 0 Å². The average molecular weight is 165 g/mol. The Hall–Kier alpha value is -0.980. The molecule has 0 heterocycles. The van der Waals surface area contributed by atoms with Gasteiger partial charge in [-0.1, -0.05) is 25.7 Å². The maximum Gasteiger partial charge on any atom is 0.0337 e. The predicted octanol–water partition coefficient (Wildman–Crippen LogP) is 3.37. The minimum atomic E-state index is 0.934. The topological polar surface area (TPSA) is 12.0 Å². The third kappa shape index (κ3) is 3.42. The smallest absolute Gasteiger partial charge is 0.0337 e. The van der Waals surface area contributed by atoms with Crippen LogP contribution in [0.3, 0.4) is 0 Å². The van der Waals surface area contributed by atoms with Crippen LogP contribution in [0.15, 0.2) is 35.7 Å². The van der Waals surface area contributed by atoms with Gasteiger partial charge in [0.1, 0.15) is 0 Å². The highest BCUT2D eigenvalue weighted by atomic mass is 14.9. The first-order chi connectivity index (χ1) is 5.49. The summed E-state index contributed by atoms with van der Waals surface area (Å²) in [5, 5.41) is 3.11. The maximum absolute atomic E-state index is 3.93. The summed E-state index contributed by atoms with van der Waals surface area (Å²) >= 11 is 0. The molecule has 0 aliphatic carbocycles. The summed E-state index contributed by atoms with van der Waals surface area (Å²) in [5.41, 5.74) is 4.50. The molecular weight excluding hydrogens is 146 g/mol. The zero-order valence-corrected chi connectivity index (χ0v) is 8.62. The van der Waals surface area contributed by atoms with Crippen LogP contribution >= 0.6 is 0 Å². The largest absolute Gasteiger partial charge is 0.360 e. The molecule has 0 bridgehead atoms. The lowest BCUT2D eigenvalue weighted by molar-refractivity contribution is 0.958. The first-order valence-electron chi connectivity index (χ1n) is 4.27. The van der Waals surface area contributed by atoms with E-state index < -0.39 is 0 Å². The molecule has 68 valence electrons. The molecule has 0 rings (SSSR count). The lowest BCUT2D eigenvalue weighted by Gasteiger charge is -2.11. The Kier molecular flexibility index (Phi) is 4.42. The molecule has 0 radical (unpaired) electrons. The van der Waals surface area contributed by atoms with Crippen molar-refractivity contribution in [1.29, 1.82) is 0 Å². The fourth-order valence-electron chi connectivity index (χ4n) is 0.874. The maximum atomic E-state index is 3.93. The van der Waals surface area contributed by atoms with Crippen molar-refractivity contribution in [1.82, 2.24) is 5.32 Å². The Morgan fingerprint density at radius 2 is 1.67 bits per heavy atom. The summed E-state index contributed by atoms with van der Waals surface area (Å²) in [7, 11) is 0. The van der Waals surface area contributed by atoms with Crippen molar-refractivity contribution in [2.75, 3.05) is 0 Å². The van der Waals surface area contributed by atoms with E-state index >= 15 is 0 Å². The molecular formula is C11H19N. The second kappa shape index (κ2) is 4.81. The molecule has 0 unspecified atom stereocenters. The molecule has 1 heteroatoms. The van der Waals surface area contributed by atoms with E-state index in [1.54, 1.807) is 0 Å². The summed E-state index contributed by atoms with van der Waals surface area (Å²) in [6.07, 6.45) is 1.07. The molecule has 12 heavy (non-hydrogen) atoms. The molecule has 0 saturated carbocycles. The molecule has 1 N–H and O–H groups in total. The summed E-state index contributed by atoms with van der Waals surface area (Å²) < 4.78 is 0. The van der Waals surface area contributed by atoms with Gasteiger partial charge in [-0.25, -0.2) is 0 Å². The predicted molar refractivity (Wildman–Crippen MR) is 55.8 cm³/mol. The van der Waals surface area contributed by atoms with Gasteiger partial charge >= 0.3 is 0 Å². The fourth-order valence-corrected chi connectivity index (χ4v) is 0.874.